The van der Waals surface area contributed by atoms with Crippen LogP contribution in [0.25, 0.3) is 0 Å². The second-order valence-corrected chi connectivity index (χ2v) is 3.89. The van der Waals surface area contributed by atoms with Crippen molar-refractivity contribution in [1.82, 2.24) is 0 Å². The van der Waals surface area contributed by atoms with Gasteiger partial charge in [0.2, 0.25) is 0 Å². The predicted molar refractivity (Wildman–Crippen MR) is 67.5 cm³/mol. The van der Waals surface area contributed by atoms with Gasteiger partial charge in [-0.05, 0) is 39.0 Å². The molecule has 0 unspecified atom stereocenters. The molecule has 18 heavy (non-hydrogen) atoms. The lowest BCUT2D eigenvalue weighted by atomic mass is 10.2. The van der Waals surface area contributed by atoms with E-state index >= 15 is 0 Å². The topological polar surface area (TPSA) is 52.6 Å². The Balaban J connectivity index is 2.79. The largest absolute Gasteiger partial charge is 0.462 e. The highest BCUT2D eigenvalue weighted by Gasteiger charge is 2.08. The van der Waals surface area contributed by atoms with Crippen LogP contribution in [0.1, 0.15) is 31.1 Å². The van der Waals surface area contributed by atoms with Crippen LogP contribution in [-0.2, 0) is 9.53 Å². The second-order valence-electron chi connectivity index (χ2n) is 3.89. The average Bonchev–Trinajstić information content (AvgIpc) is 2.28. The van der Waals surface area contributed by atoms with Crippen molar-refractivity contribution >= 4 is 11.9 Å². The van der Waals surface area contributed by atoms with Crippen LogP contribution in [0.5, 0.6) is 5.75 Å². The number of carbonyl (C=O) groups excluding carboxylic acids is 2. The van der Waals surface area contributed by atoms with Gasteiger partial charge in [-0.1, -0.05) is 11.6 Å². The summed E-state index contributed by atoms with van der Waals surface area (Å²) in [5.74, 6) is -0.573. The zero-order valence-electron chi connectivity index (χ0n) is 10.7. The minimum absolute atomic E-state index is 0.306. The maximum Gasteiger partial charge on any atom is 0.338 e. The van der Waals surface area contributed by atoms with E-state index < -0.39 is 11.9 Å². The van der Waals surface area contributed by atoms with Gasteiger partial charge in [-0.2, -0.15) is 0 Å². The molecule has 0 atom stereocenters. The van der Waals surface area contributed by atoms with E-state index in [9.17, 15) is 9.59 Å². The Kier molecular flexibility index (Phi) is 5.11. The summed E-state index contributed by atoms with van der Waals surface area (Å²) in [7, 11) is 0. The third kappa shape index (κ3) is 4.41. The first kappa shape index (κ1) is 14.0. The monoisotopic (exact) mass is 248 g/mol. The van der Waals surface area contributed by atoms with Crippen molar-refractivity contribution in [1.29, 1.82) is 0 Å². The smallest absolute Gasteiger partial charge is 0.338 e. The first-order valence-electron chi connectivity index (χ1n) is 5.67. The van der Waals surface area contributed by atoms with Gasteiger partial charge >= 0.3 is 11.9 Å². The van der Waals surface area contributed by atoms with Crippen molar-refractivity contribution in [2.75, 3.05) is 6.61 Å². The van der Waals surface area contributed by atoms with Gasteiger partial charge in [0.25, 0.3) is 0 Å². The fraction of sp³-hybridized carbons (Fsp3) is 0.286. The number of benzene rings is 1. The SMILES string of the molecule is CCOC(=O)c1cccc(OC(=O)C=C(C)C)c1. The molecule has 0 amide bonds. The van der Waals surface area contributed by atoms with Gasteiger partial charge in [0, 0.05) is 6.08 Å². The van der Waals surface area contributed by atoms with E-state index in [-0.39, 0.29) is 0 Å². The van der Waals surface area contributed by atoms with E-state index in [2.05, 4.69) is 0 Å². The quantitative estimate of drug-likeness (QED) is 0.467. The predicted octanol–water partition coefficient (Wildman–Crippen LogP) is 2.73. The number of rotatable bonds is 4. The number of hydrogen-bond acceptors (Lipinski definition) is 4. The van der Waals surface area contributed by atoms with Crippen molar-refractivity contribution in [2.45, 2.75) is 20.8 Å². The van der Waals surface area contributed by atoms with Crippen molar-refractivity contribution < 1.29 is 19.1 Å². The molecule has 1 rings (SSSR count). The highest BCUT2D eigenvalue weighted by Crippen LogP contribution is 2.14. The van der Waals surface area contributed by atoms with E-state index in [0.717, 1.165) is 5.57 Å². The van der Waals surface area contributed by atoms with E-state index in [4.69, 9.17) is 9.47 Å². The summed E-state index contributed by atoms with van der Waals surface area (Å²) in [4.78, 5) is 22.9. The Hall–Kier alpha value is -2.10. The highest BCUT2D eigenvalue weighted by atomic mass is 16.5. The molecule has 4 nitrogen and oxygen atoms in total. The lowest BCUT2D eigenvalue weighted by Crippen LogP contribution is -2.07. The van der Waals surface area contributed by atoms with E-state index in [0.29, 0.717) is 17.9 Å². The van der Waals surface area contributed by atoms with Crippen LogP contribution < -0.4 is 4.74 Å². The Bertz CT molecular complexity index is 470. The zero-order valence-corrected chi connectivity index (χ0v) is 10.7. The van der Waals surface area contributed by atoms with Gasteiger partial charge in [-0.25, -0.2) is 9.59 Å². The van der Waals surface area contributed by atoms with Crippen LogP contribution >= 0.6 is 0 Å². The van der Waals surface area contributed by atoms with E-state index in [1.165, 1.54) is 12.1 Å². The van der Waals surface area contributed by atoms with Crippen molar-refractivity contribution in [3.8, 4) is 5.75 Å². The van der Waals surface area contributed by atoms with E-state index in [1.807, 2.05) is 0 Å². The molecule has 0 bridgehead atoms. The summed E-state index contributed by atoms with van der Waals surface area (Å²) in [6.07, 6.45) is 1.39. The molecule has 1 aromatic carbocycles. The summed E-state index contributed by atoms with van der Waals surface area (Å²) < 4.78 is 9.93. The number of ether oxygens (including phenoxy) is 2. The molecule has 0 aliphatic heterocycles. The van der Waals surface area contributed by atoms with Crippen molar-refractivity contribution in [3.63, 3.8) is 0 Å². The molecule has 0 N–H and O–H groups in total. The van der Waals surface area contributed by atoms with E-state index in [1.54, 1.807) is 39.0 Å². The summed E-state index contributed by atoms with van der Waals surface area (Å²) in [6, 6.07) is 6.34. The number of carbonyl (C=O) groups is 2. The van der Waals surface area contributed by atoms with Gasteiger partial charge in [-0.15, -0.1) is 0 Å². The van der Waals surface area contributed by atoms with Gasteiger partial charge in [-0.3, -0.25) is 0 Å². The average molecular weight is 248 g/mol. The molecule has 0 aliphatic carbocycles. The molecular weight excluding hydrogens is 232 g/mol. The summed E-state index contributed by atoms with van der Waals surface area (Å²) in [5, 5.41) is 0. The molecule has 0 fully saturated rings. The molecule has 0 radical (unpaired) electrons. The lowest BCUT2D eigenvalue weighted by molar-refractivity contribution is -0.129. The highest BCUT2D eigenvalue weighted by molar-refractivity contribution is 5.90. The minimum Gasteiger partial charge on any atom is -0.462 e. The molecule has 0 saturated heterocycles. The Morgan fingerprint density at radius 2 is 2.00 bits per heavy atom. The van der Waals surface area contributed by atoms with Crippen LogP contribution in [-0.4, -0.2) is 18.5 Å². The molecule has 4 heteroatoms. The first-order chi connectivity index (χ1) is 8.52. The lowest BCUT2D eigenvalue weighted by Gasteiger charge is -2.05. The number of esters is 2. The minimum atomic E-state index is -0.462. The summed E-state index contributed by atoms with van der Waals surface area (Å²) in [5.41, 5.74) is 1.21. The Morgan fingerprint density at radius 1 is 1.28 bits per heavy atom. The van der Waals surface area contributed by atoms with Crippen LogP contribution in [0.3, 0.4) is 0 Å². The normalized spacial score (nSPS) is 9.50. The molecule has 0 saturated carbocycles. The fourth-order valence-corrected chi connectivity index (χ4v) is 1.28. The molecule has 1 aromatic rings. The summed E-state index contributed by atoms with van der Waals surface area (Å²) in [6.45, 7) is 5.64. The maximum atomic E-state index is 11.5. The van der Waals surface area contributed by atoms with Gasteiger partial charge in [0.05, 0.1) is 12.2 Å². The third-order valence-electron chi connectivity index (χ3n) is 1.97. The van der Waals surface area contributed by atoms with Crippen LogP contribution in [0.4, 0.5) is 0 Å². The first-order valence-corrected chi connectivity index (χ1v) is 5.67. The maximum absolute atomic E-state index is 11.5. The Morgan fingerprint density at radius 3 is 2.61 bits per heavy atom. The third-order valence-corrected chi connectivity index (χ3v) is 1.97. The fourth-order valence-electron chi connectivity index (χ4n) is 1.28. The van der Waals surface area contributed by atoms with Crippen molar-refractivity contribution in [2.24, 2.45) is 0 Å². The van der Waals surface area contributed by atoms with Gasteiger partial charge < -0.3 is 9.47 Å². The molecule has 0 spiro atoms. The molecule has 0 aromatic heterocycles. The standard InChI is InChI=1S/C14H16O4/c1-4-17-14(16)11-6-5-7-12(9-11)18-13(15)8-10(2)3/h5-9H,4H2,1-3H3. The van der Waals surface area contributed by atoms with Crippen LogP contribution in [0, 0.1) is 0 Å². The van der Waals surface area contributed by atoms with Gasteiger partial charge in [0.1, 0.15) is 5.75 Å². The van der Waals surface area contributed by atoms with Crippen LogP contribution in [0.15, 0.2) is 35.9 Å². The number of allylic oxidation sites excluding steroid dienone is 1. The molecular formula is C14H16O4. The summed E-state index contributed by atoms with van der Waals surface area (Å²) >= 11 is 0. The Labute approximate surface area is 106 Å². The van der Waals surface area contributed by atoms with Crippen molar-refractivity contribution in [3.05, 3.63) is 41.5 Å². The zero-order chi connectivity index (χ0) is 13.5. The van der Waals surface area contributed by atoms with Gasteiger partial charge in [0.15, 0.2) is 0 Å². The number of hydrogen-bond donors (Lipinski definition) is 0. The molecule has 96 valence electrons. The molecule has 0 heterocycles. The molecule has 0 aliphatic rings. The second kappa shape index (κ2) is 6.59. The van der Waals surface area contributed by atoms with Crippen LogP contribution in [0.2, 0.25) is 0 Å².